The van der Waals surface area contributed by atoms with Crippen molar-refractivity contribution in [3.63, 3.8) is 0 Å². The molecule has 18 heavy (non-hydrogen) atoms. The van der Waals surface area contributed by atoms with Gasteiger partial charge in [-0.2, -0.15) is 21.6 Å². The maximum Gasteiger partial charge on any atom is 0.534 e. The number of alkyl halides is 3. The maximum absolute atomic E-state index is 12.3. The standard InChI is InChI=1S/C10H12BrF3O3S/c1-9(2)5-3-4-6(9)8(7(5)11)17-18(15,16)10(12,13)14/h5-6H,3-4H2,1-2H3/t5-,6+/m0/s1. The SMILES string of the molecule is CC1(C)[C@@H]2CC[C@H]1C(Br)=C2OS(=O)(=O)C(F)(F)F. The van der Waals surface area contributed by atoms with Crippen molar-refractivity contribution >= 4 is 26.0 Å². The number of fused-ring (bicyclic) bond motifs is 2. The molecule has 0 aromatic carbocycles. The highest BCUT2D eigenvalue weighted by Crippen LogP contribution is 2.62. The Balaban J connectivity index is 2.33. The zero-order valence-corrected chi connectivity index (χ0v) is 12.1. The minimum Gasteiger partial charge on any atom is -0.379 e. The van der Waals surface area contributed by atoms with Gasteiger partial charge in [-0.3, -0.25) is 0 Å². The van der Waals surface area contributed by atoms with E-state index < -0.39 is 15.6 Å². The zero-order chi connectivity index (χ0) is 13.9. The molecule has 1 fully saturated rings. The summed E-state index contributed by atoms with van der Waals surface area (Å²) < 4.78 is 63.8. The summed E-state index contributed by atoms with van der Waals surface area (Å²) in [4.78, 5) is 0. The molecule has 104 valence electrons. The molecule has 2 bridgehead atoms. The van der Waals surface area contributed by atoms with Gasteiger partial charge in [0.15, 0.2) is 0 Å². The van der Waals surface area contributed by atoms with Crippen LogP contribution in [0.15, 0.2) is 10.2 Å². The van der Waals surface area contributed by atoms with Crippen molar-refractivity contribution in [2.45, 2.75) is 32.2 Å². The minimum atomic E-state index is -5.57. The predicted molar refractivity (Wildman–Crippen MR) is 62.0 cm³/mol. The van der Waals surface area contributed by atoms with Crippen LogP contribution in [0, 0.1) is 17.3 Å². The Morgan fingerprint density at radius 2 is 1.78 bits per heavy atom. The van der Waals surface area contributed by atoms with Gasteiger partial charge in [-0.05, 0) is 24.2 Å². The monoisotopic (exact) mass is 348 g/mol. The Morgan fingerprint density at radius 3 is 2.17 bits per heavy atom. The first-order valence-corrected chi connectivity index (χ1v) is 7.59. The average Bonchev–Trinajstić information content (AvgIpc) is 2.54. The lowest BCUT2D eigenvalue weighted by molar-refractivity contribution is -0.0528. The highest BCUT2D eigenvalue weighted by Gasteiger charge is 2.57. The van der Waals surface area contributed by atoms with Crippen LogP contribution < -0.4 is 0 Å². The molecular weight excluding hydrogens is 337 g/mol. The molecule has 2 aliphatic carbocycles. The normalized spacial score (nSPS) is 31.0. The summed E-state index contributed by atoms with van der Waals surface area (Å²) in [5.41, 5.74) is -5.66. The summed E-state index contributed by atoms with van der Waals surface area (Å²) in [6.07, 6.45) is 1.48. The molecule has 2 rings (SSSR count). The summed E-state index contributed by atoms with van der Waals surface area (Å²) in [6.45, 7) is 3.82. The number of halogens is 4. The van der Waals surface area contributed by atoms with E-state index in [9.17, 15) is 21.6 Å². The highest BCUT2D eigenvalue weighted by molar-refractivity contribution is 9.11. The molecule has 0 saturated heterocycles. The maximum atomic E-state index is 12.3. The molecule has 0 radical (unpaired) electrons. The molecule has 0 aromatic rings. The second-order valence-electron chi connectivity index (χ2n) is 5.20. The summed E-state index contributed by atoms with van der Waals surface area (Å²) in [6, 6.07) is 0. The largest absolute Gasteiger partial charge is 0.534 e. The van der Waals surface area contributed by atoms with E-state index in [0.29, 0.717) is 10.9 Å². The van der Waals surface area contributed by atoms with Gasteiger partial charge in [0, 0.05) is 10.4 Å². The average molecular weight is 349 g/mol. The summed E-state index contributed by atoms with van der Waals surface area (Å²) in [5, 5.41) is 0. The van der Waals surface area contributed by atoms with Crippen LogP contribution in [-0.2, 0) is 14.3 Å². The second-order valence-corrected chi connectivity index (χ2v) is 7.59. The van der Waals surface area contributed by atoms with Crippen LogP contribution in [0.25, 0.3) is 0 Å². The van der Waals surface area contributed by atoms with Crippen molar-refractivity contribution in [2.75, 3.05) is 0 Å². The number of allylic oxidation sites excluding steroid dienone is 2. The quantitative estimate of drug-likeness (QED) is 0.566. The lowest BCUT2D eigenvalue weighted by atomic mass is 9.81. The van der Waals surface area contributed by atoms with Crippen molar-refractivity contribution in [3.05, 3.63) is 10.2 Å². The van der Waals surface area contributed by atoms with Gasteiger partial charge in [0.2, 0.25) is 0 Å². The number of rotatable bonds is 2. The minimum absolute atomic E-state index is 0.0286. The van der Waals surface area contributed by atoms with E-state index in [4.69, 9.17) is 0 Å². The molecule has 1 saturated carbocycles. The van der Waals surface area contributed by atoms with E-state index in [2.05, 4.69) is 20.1 Å². The third-order valence-corrected chi connectivity index (χ3v) is 5.79. The van der Waals surface area contributed by atoms with Crippen molar-refractivity contribution < 1.29 is 25.8 Å². The highest BCUT2D eigenvalue weighted by atomic mass is 79.9. The zero-order valence-electron chi connectivity index (χ0n) is 9.71. The van der Waals surface area contributed by atoms with Crippen molar-refractivity contribution in [1.29, 1.82) is 0 Å². The lowest BCUT2D eigenvalue weighted by Gasteiger charge is -2.25. The van der Waals surface area contributed by atoms with E-state index in [1.165, 1.54) is 0 Å². The van der Waals surface area contributed by atoms with E-state index >= 15 is 0 Å². The van der Waals surface area contributed by atoms with Crippen molar-refractivity contribution in [2.24, 2.45) is 17.3 Å². The molecule has 2 atom stereocenters. The molecule has 0 spiro atoms. The Morgan fingerprint density at radius 1 is 1.28 bits per heavy atom. The third-order valence-electron chi connectivity index (χ3n) is 3.88. The molecular formula is C10H12BrF3O3S. The van der Waals surface area contributed by atoms with Crippen molar-refractivity contribution in [1.82, 2.24) is 0 Å². The van der Waals surface area contributed by atoms with E-state index in [1.807, 2.05) is 13.8 Å². The molecule has 0 N–H and O–H groups in total. The first kappa shape index (κ1) is 14.2. The number of hydrogen-bond donors (Lipinski definition) is 0. The number of hydrogen-bond acceptors (Lipinski definition) is 3. The van der Waals surface area contributed by atoms with Gasteiger partial charge in [0.25, 0.3) is 0 Å². The Bertz CT molecular complexity index is 507. The summed E-state index contributed by atoms with van der Waals surface area (Å²) in [5.74, 6) is -0.330. The fourth-order valence-electron chi connectivity index (χ4n) is 2.84. The van der Waals surface area contributed by atoms with Crippen LogP contribution in [0.2, 0.25) is 0 Å². The lowest BCUT2D eigenvalue weighted by Crippen LogP contribution is -2.27. The predicted octanol–water partition coefficient (Wildman–Crippen LogP) is 3.53. The third kappa shape index (κ3) is 1.88. The van der Waals surface area contributed by atoms with Crippen LogP contribution in [0.1, 0.15) is 26.7 Å². The topological polar surface area (TPSA) is 43.4 Å². The van der Waals surface area contributed by atoms with Crippen LogP contribution in [-0.4, -0.2) is 13.9 Å². The fourth-order valence-corrected chi connectivity index (χ4v) is 4.66. The van der Waals surface area contributed by atoms with E-state index in [1.54, 1.807) is 0 Å². The van der Waals surface area contributed by atoms with Crippen LogP contribution in [0.4, 0.5) is 13.2 Å². The Kier molecular flexibility index (Phi) is 3.05. The first-order chi connectivity index (χ1) is 7.98. The fraction of sp³-hybridized carbons (Fsp3) is 0.800. The molecule has 0 amide bonds. The first-order valence-electron chi connectivity index (χ1n) is 5.39. The van der Waals surface area contributed by atoms with Crippen LogP contribution >= 0.6 is 15.9 Å². The Hall–Kier alpha value is -0.240. The molecule has 0 aromatic heterocycles. The van der Waals surface area contributed by atoms with Crippen molar-refractivity contribution in [3.8, 4) is 0 Å². The summed E-state index contributed by atoms with van der Waals surface area (Å²) in [7, 11) is -5.57. The molecule has 0 aliphatic heterocycles. The van der Waals surface area contributed by atoms with Gasteiger partial charge in [0.1, 0.15) is 5.76 Å². The van der Waals surface area contributed by atoms with E-state index in [0.717, 1.165) is 6.42 Å². The second kappa shape index (κ2) is 3.88. The van der Waals surface area contributed by atoms with Crippen LogP contribution in [0.3, 0.4) is 0 Å². The smallest absolute Gasteiger partial charge is 0.379 e. The molecule has 8 heteroatoms. The molecule has 0 heterocycles. The Labute approximate surface area is 112 Å². The van der Waals surface area contributed by atoms with Gasteiger partial charge in [-0.15, -0.1) is 0 Å². The van der Waals surface area contributed by atoms with Gasteiger partial charge in [0.05, 0.1) is 0 Å². The van der Waals surface area contributed by atoms with Crippen LogP contribution in [0.5, 0.6) is 0 Å². The van der Waals surface area contributed by atoms with Gasteiger partial charge >= 0.3 is 15.6 Å². The summed E-state index contributed by atoms with van der Waals surface area (Å²) >= 11 is 3.18. The molecule has 2 aliphatic rings. The van der Waals surface area contributed by atoms with Gasteiger partial charge < -0.3 is 4.18 Å². The van der Waals surface area contributed by atoms with E-state index in [-0.39, 0.29) is 23.0 Å². The van der Waals surface area contributed by atoms with Gasteiger partial charge in [-0.1, -0.05) is 29.8 Å². The van der Waals surface area contributed by atoms with Gasteiger partial charge in [-0.25, -0.2) is 0 Å². The molecule has 0 unspecified atom stereocenters. The molecule has 3 nitrogen and oxygen atoms in total.